The summed E-state index contributed by atoms with van der Waals surface area (Å²) in [4.78, 5) is 4.64. The molecular weight excluding hydrogens is 224 g/mol. The molecule has 0 spiro atoms. The summed E-state index contributed by atoms with van der Waals surface area (Å²) in [6.45, 7) is 0.742. The fourth-order valence-corrected chi connectivity index (χ4v) is 2.84. The number of benzene rings is 1. The Bertz CT molecular complexity index is 506. The van der Waals surface area contributed by atoms with Crippen LogP contribution in [0.5, 0.6) is 0 Å². The molecule has 1 aromatic heterocycles. The normalized spacial score (nSPS) is 23.4. The average Bonchev–Trinajstić information content (AvgIpc) is 3.08. The number of nitrogens with zero attached hydrogens (tertiary/aromatic N) is 2. The van der Waals surface area contributed by atoms with Gasteiger partial charge < -0.3 is 5.73 Å². The summed E-state index contributed by atoms with van der Waals surface area (Å²) in [6, 6.07) is 10.1. The minimum absolute atomic E-state index is 0.458. The fourth-order valence-electron chi connectivity index (χ4n) is 2.84. The minimum atomic E-state index is 0.458. The Kier molecular flexibility index (Phi) is 3.11. The average molecular weight is 242 g/mol. The number of H-pyrrole nitrogens is 1. The molecule has 1 aliphatic rings. The van der Waals surface area contributed by atoms with Crippen LogP contribution in [0.4, 0.5) is 0 Å². The standard InChI is InChI=1S/C14H18N4/c15-9-11-7-4-8-12(11)14-16-13(17-18-14)10-5-2-1-3-6-10/h1-3,5-6,11-12H,4,7-9,15H2,(H,16,17,18). The molecule has 4 nitrogen and oxygen atoms in total. The van der Waals surface area contributed by atoms with Crippen molar-refractivity contribution >= 4 is 0 Å². The first-order valence-electron chi connectivity index (χ1n) is 6.56. The lowest BCUT2D eigenvalue weighted by Crippen LogP contribution is -2.18. The number of hydrogen-bond donors (Lipinski definition) is 2. The van der Waals surface area contributed by atoms with Crippen molar-refractivity contribution in [2.24, 2.45) is 11.7 Å². The Morgan fingerprint density at radius 3 is 2.83 bits per heavy atom. The van der Waals surface area contributed by atoms with Crippen LogP contribution in [0.15, 0.2) is 30.3 Å². The van der Waals surface area contributed by atoms with Gasteiger partial charge in [0.2, 0.25) is 0 Å². The summed E-state index contributed by atoms with van der Waals surface area (Å²) < 4.78 is 0. The van der Waals surface area contributed by atoms with Crippen molar-refractivity contribution in [3.05, 3.63) is 36.2 Å². The molecule has 1 aliphatic carbocycles. The van der Waals surface area contributed by atoms with Crippen molar-refractivity contribution in [2.75, 3.05) is 6.54 Å². The smallest absolute Gasteiger partial charge is 0.181 e. The molecular formula is C14H18N4. The lowest BCUT2D eigenvalue weighted by atomic mass is 9.96. The SMILES string of the molecule is NCC1CCCC1c1nc(-c2ccccc2)n[nH]1. The molecule has 4 heteroatoms. The molecule has 0 amide bonds. The predicted molar refractivity (Wildman–Crippen MR) is 71.0 cm³/mol. The molecule has 1 saturated carbocycles. The second-order valence-corrected chi connectivity index (χ2v) is 4.94. The van der Waals surface area contributed by atoms with E-state index < -0.39 is 0 Å². The summed E-state index contributed by atoms with van der Waals surface area (Å²) in [6.07, 6.45) is 3.63. The molecule has 3 rings (SSSR count). The Labute approximate surface area is 107 Å². The monoisotopic (exact) mass is 242 g/mol. The van der Waals surface area contributed by atoms with Gasteiger partial charge in [-0.3, -0.25) is 5.10 Å². The van der Waals surface area contributed by atoms with Gasteiger partial charge in [0.25, 0.3) is 0 Å². The van der Waals surface area contributed by atoms with Crippen LogP contribution >= 0.6 is 0 Å². The van der Waals surface area contributed by atoms with E-state index in [1.807, 2.05) is 30.3 Å². The van der Waals surface area contributed by atoms with Crippen LogP contribution in [-0.4, -0.2) is 21.7 Å². The molecule has 1 aromatic carbocycles. The van der Waals surface area contributed by atoms with Gasteiger partial charge >= 0.3 is 0 Å². The van der Waals surface area contributed by atoms with E-state index >= 15 is 0 Å². The Balaban J connectivity index is 1.86. The van der Waals surface area contributed by atoms with Gasteiger partial charge in [-0.25, -0.2) is 4.98 Å². The number of aromatic amines is 1. The summed E-state index contributed by atoms with van der Waals surface area (Å²) >= 11 is 0. The van der Waals surface area contributed by atoms with E-state index in [0.29, 0.717) is 11.8 Å². The number of nitrogens with two attached hydrogens (primary N) is 1. The van der Waals surface area contributed by atoms with Gasteiger partial charge in [0.15, 0.2) is 5.82 Å². The summed E-state index contributed by atoms with van der Waals surface area (Å²) in [5, 5.41) is 7.42. The fraction of sp³-hybridized carbons (Fsp3) is 0.429. The van der Waals surface area contributed by atoms with E-state index in [-0.39, 0.29) is 0 Å². The van der Waals surface area contributed by atoms with Crippen molar-refractivity contribution in [3.8, 4) is 11.4 Å². The van der Waals surface area contributed by atoms with Gasteiger partial charge in [-0.1, -0.05) is 36.8 Å². The topological polar surface area (TPSA) is 67.6 Å². The van der Waals surface area contributed by atoms with Crippen molar-refractivity contribution in [1.82, 2.24) is 15.2 Å². The van der Waals surface area contributed by atoms with Crippen molar-refractivity contribution < 1.29 is 0 Å². The molecule has 0 radical (unpaired) electrons. The van der Waals surface area contributed by atoms with Gasteiger partial charge in [-0.05, 0) is 25.3 Å². The maximum absolute atomic E-state index is 5.82. The highest BCUT2D eigenvalue weighted by Gasteiger charge is 2.30. The number of aromatic nitrogens is 3. The van der Waals surface area contributed by atoms with Gasteiger partial charge in [-0.2, -0.15) is 5.10 Å². The second kappa shape index (κ2) is 4.90. The van der Waals surface area contributed by atoms with Crippen molar-refractivity contribution in [2.45, 2.75) is 25.2 Å². The van der Waals surface area contributed by atoms with Crippen LogP contribution in [0.1, 0.15) is 31.0 Å². The maximum Gasteiger partial charge on any atom is 0.181 e. The first kappa shape index (κ1) is 11.4. The van der Waals surface area contributed by atoms with Crippen LogP contribution in [0.25, 0.3) is 11.4 Å². The molecule has 0 aliphatic heterocycles. The molecule has 2 atom stereocenters. The molecule has 3 N–H and O–H groups in total. The first-order chi connectivity index (χ1) is 8.88. The maximum atomic E-state index is 5.82. The third-order valence-electron chi connectivity index (χ3n) is 3.85. The van der Waals surface area contributed by atoms with Gasteiger partial charge in [0.05, 0.1) is 0 Å². The Morgan fingerprint density at radius 1 is 1.22 bits per heavy atom. The van der Waals surface area contributed by atoms with Gasteiger partial charge in [0.1, 0.15) is 5.82 Å². The lowest BCUT2D eigenvalue weighted by Gasteiger charge is -2.14. The number of nitrogens with one attached hydrogen (secondary N) is 1. The predicted octanol–water partition coefficient (Wildman–Crippen LogP) is 2.31. The first-order valence-corrected chi connectivity index (χ1v) is 6.56. The highest BCUT2D eigenvalue weighted by molar-refractivity contribution is 5.53. The third-order valence-corrected chi connectivity index (χ3v) is 3.85. The van der Waals surface area contributed by atoms with Crippen LogP contribution in [0, 0.1) is 5.92 Å². The van der Waals surface area contributed by atoms with E-state index in [0.717, 1.165) is 23.8 Å². The largest absolute Gasteiger partial charge is 0.330 e. The molecule has 2 unspecified atom stereocenters. The highest BCUT2D eigenvalue weighted by atomic mass is 15.2. The minimum Gasteiger partial charge on any atom is -0.330 e. The lowest BCUT2D eigenvalue weighted by molar-refractivity contribution is 0.478. The Morgan fingerprint density at radius 2 is 2.06 bits per heavy atom. The van der Waals surface area contributed by atoms with E-state index in [1.165, 1.54) is 19.3 Å². The molecule has 1 heterocycles. The molecule has 0 bridgehead atoms. The summed E-state index contributed by atoms with van der Waals surface area (Å²) in [5.41, 5.74) is 6.88. The number of rotatable bonds is 3. The van der Waals surface area contributed by atoms with Gasteiger partial charge in [0, 0.05) is 11.5 Å². The summed E-state index contributed by atoms with van der Waals surface area (Å²) in [5.74, 6) is 2.80. The van der Waals surface area contributed by atoms with E-state index in [1.54, 1.807) is 0 Å². The van der Waals surface area contributed by atoms with E-state index in [4.69, 9.17) is 5.73 Å². The molecule has 1 fully saturated rings. The van der Waals surface area contributed by atoms with E-state index in [2.05, 4.69) is 15.2 Å². The highest BCUT2D eigenvalue weighted by Crippen LogP contribution is 2.37. The van der Waals surface area contributed by atoms with E-state index in [9.17, 15) is 0 Å². The van der Waals surface area contributed by atoms with Crippen LogP contribution in [0.2, 0.25) is 0 Å². The Hall–Kier alpha value is -1.68. The quantitative estimate of drug-likeness (QED) is 0.868. The molecule has 94 valence electrons. The molecule has 0 saturated heterocycles. The van der Waals surface area contributed by atoms with Crippen molar-refractivity contribution in [3.63, 3.8) is 0 Å². The summed E-state index contributed by atoms with van der Waals surface area (Å²) in [7, 11) is 0. The molecule has 2 aromatic rings. The van der Waals surface area contributed by atoms with Crippen LogP contribution in [-0.2, 0) is 0 Å². The van der Waals surface area contributed by atoms with Crippen molar-refractivity contribution in [1.29, 1.82) is 0 Å². The second-order valence-electron chi connectivity index (χ2n) is 4.94. The van der Waals surface area contributed by atoms with Crippen LogP contribution in [0.3, 0.4) is 0 Å². The zero-order valence-electron chi connectivity index (χ0n) is 10.3. The third kappa shape index (κ3) is 2.04. The zero-order chi connectivity index (χ0) is 12.4. The van der Waals surface area contributed by atoms with Gasteiger partial charge in [-0.15, -0.1) is 0 Å². The number of hydrogen-bond acceptors (Lipinski definition) is 3. The van der Waals surface area contributed by atoms with Crippen LogP contribution < -0.4 is 5.73 Å². The zero-order valence-corrected chi connectivity index (χ0v) is 10.3. The molecule has 18 heavy (non-hydrogen) atoms.